The van der Waals surface area contributed by atoms with Crippen LogP contribution in [0.4, 0.5) is 0 Å². The molecule has 1 saturated carbocycles. The average Bonchev–Trinajstić information content (AvgIpc) is 2.98. The normalized spacial score (nSPS) is 18.0. The van der Waals surface area contributed by atoms with E-state index in [4.69, 9.17) is 4.74 Å². The molecule has 0 heterocycles. The Morgan fingerprint density at radius 3 is 2.58 bits per heavy atom. The third-order valence-electron chi connectivity index (χ3n) is 5.06. The SMILES string of the molecule is C.C=C(OCCSC1=CC=C(CC(=O)CC2CCCCC2)C1)C(C)(C)C. The first-order valence-electron chi connectivity index (χ1n) is 9.70. The molecule has 0 bridgehead atoms. The summed E-state index contributed by atoms with van der Waals surface area (Å²) in [5.41, 5.74) is 1.29. The van der Waals surface area contributed by atoms with E-state index in [0.717, 1.165) is 24.4 Å². The van der Waals surface area contributed by atoms with Gasteiger partial charge in [-0.05, 0) is 10.8 Å². The average molecular weight is 379 g/mol. The summed E-state index contributed by atoms with van der Waals surface area (Å²) in [6.45, 7) is 11.0. The van der Waals surface area contributed by atoms with Crippen LogP contribution in [0.2, 0.25) is 0 Å². The van der Waals surface area contributed by atoms with Gasteiger partial charge in [-0.15, -0.1) is 11.8 Å². The van der Waals surface area contributed by atoms with Crippen LogP contribution in [-0.2, 0) is 9.53 Å². The van der Waals surface area contributed by atoms with E-state index in [1.54, 1.807) is 0 Å². The summed E-state index contributed by atoms with van der Waals surface area (Å²) < 4.78 is 5.73. The number of ketones is 1. The highest BCUT2D eigenvalue weighted by atomic mass is 32.2. The fourth-order valence-electron chi connectivity index (χ4n) is 3.37. The van der Waals surface area contributed by atoms with E-state index in [9.17, 15) is 4.79 Å². The van der Waals surface area contributed by atoms with Gasteiger partial charge in [-0.25, -0.2) is 0 Å². The van der Waals surface area contributed by atoms with Gasteiger partial charge < -0.3 is 4.74 Å². The van der Waals surface area contributed by atoms with Gasteiger partial charge in [-0.1, -0.05) is 84.6 Å². The van der Waals surface area contributed by atoms with Gasteiger partial charge in [0, 0.05) is 30.4 Å². The lowest BCUT2D eigenvalue weighted by Crippen LogP contribution is -2.12. The third-order valence-corrected chi connectivity index (χ3v) is 6.08. The number of Topliss-reactive ketones (excluding diaryl/α,β-unsaturated/α-hetero) is 1. The summed E-state index contributed by atoms with van der Waals surface area (Å²) in [7, 11) is 0. The molecule has 2 aliphatic carbocycles. The zero-order chi connectivity index (χ0) is 18.3. The Balaban J connectivity index is 0.00000338. The molecule has 148 valence electrons. The zero-order valence-corrected chi connectivity index (χ0v) is 17.1. The lowest BCUT2D eigenvalue weighted by molar-refractivity contribution is -0.119. The molecular formula is C23H38O2S. The standard InChI is InChI=1S/C22H34O2S.CH4/c1-17(22(2,3)4)24-12-13-25-21-11-10-19(16-21)15-20(23)14-18-8-6-5-7-9-18;/h10-11,18H,1,5-9,12-16H2,2-4H3;1H4. The van der Waals surface area contributed by atoms with Crippen LogP contribution < -0.4 is 0 Å². The summed E-state index contributed by atoms with van der Waals surface area (Å²) in [6, 6.07) is 0. The topological polar surface area (TPSA) is 26.3 Å². The van der Waals surface area contributed by atoms with Gasteiger partial charge in [0.05, 0.1) is 12.4 Å². The molecule has 2 rings (SSSR count). The Labute approximate surface area is 165 Å². The van der Waals surface area contributed by atoms with Gasteiger partial charge in [-0.3, -0.25) is 4.79 Å². The van der Waals surface area contributed by atoms with Crippen molar-refractivity contribution in [3.8, 4) is 0 Å². The molecule has 2 aliphatic rings. The first-order chi connectivity index (χ1) is 11.8. The summed E-state index contributed by atoms with van der Waals surface area (Å²) in [5.74, 6) is 2.86. The molecule has 0 saturated heterocycles. The molecule has 1 fully saturated rings. The van der Waals surface area contributed by atoms with E-state index in [1.807, 2.05) is 11.8 Å². The summed E-state index contributed by atoms with van der Waals surface area (Å²) in [5, 5.41) is 0. The van der Waals surface area contributed by atoms with Crippen LogP contribution in [0.25, 0.3) is 0 Å². The van der Waals surface area contributed by atoms with E-state index < -0.39 is 0 Å². The number of thioether (sulfide) groups is 1. The van der Waals surface area contributed by atoms with Gasteiger partial charge >= 0.3 is 0 Å². The second-order valence-corrected chi connectivity index (χ2v) is 9.65. The summed E-state index contributed by atoms with van der Waals surface area (Å²) in [4.78, 5) is 13.7. The van der Waals surface area contributed by atoms with Crippen LogP contribution in [0.1, 0.15) is 79.6 Å². The number of hydrogen-bond acceptors (Lipinski definition) is 3. The van der Waals surface area contributed by atoms with Crippen molar-refractivity contribution < 1.29 is 9.53 Å². The van der Waals surface area contributed by atoms with E-state index in [1.165, 1.54) is 42.6 Å². The monoisotopic (exact) mass is 378 g/mol. The van der Waals surface area contributed by atoms with Crippen molar-refractivity contribution in [3.05, 3.63) is 35.0 Å². The van der Waals surface area contributed by atoms with Crippen molar-refractivity contribution in [2.45, 2.75) is 79.6 Å². The Hall–Kier alpha value is -0.960. The van der Waals surface area contributed by atoms with Gasteiger partial charge in [0.2, 0.25) is 0 Å². The molecule has 2 nitrogen and oxygen atoms in total. The maximum atomic E-state index is 12.3. The molecule has 0 unspecified atom stereocenters. The van der Waals surface area contributed by atoms with Crippen molar-refractivity contribution in [2.75, 3.05) is 12.4 Å². The number of ether oxygens (including phenoxy) is 1. The fraction of sp³-hybridized carbons (Fsp3) is 0.696. The Morgan fingerprint density at radius 1 is 1.23 bits per heavy atom. The van der Waals surface area contributed by atoms with E-state index in [-0.39, 0.29) is 12.8 Å². The smallest absolute Gasteiger partial charge is 0.137 e. The Kier molecular flexibility index (Phi) is 9.78. The number of carbonyl (C=O) groups is 1. The van der Waals surface area contributed by atoms with Crippen molar-refractivity contribution in [1.29, 1.82) is 0 Å². The Morgan fingerprint density at radius 2 is 1.92 bits per heavy atom. The molecule has 3 heteroatoms. The molecule has 26 heavy (non-hydrogen) atoms. The third kappa shape index (κ3) is 8.16. The van der Waals surface area contributed by atoms with Crippen LogP contribution >= 0.6 is 11.8 Å². The van der Waals surface area contributed by atoms with Crippen LogP contribution in [-0.4, -0.2) is 18.1 Å². The van der Waals surface area contributed by atoms with Crippen LogP contribution in [0.15, 0.2) is 35.0 Å². The quantitative estimate of drug-likeness (QED) is 0.317. The molecule has 0 N–H and O–H groups in total. The van der Waals surface area contributed by atoms with Crippen LogP contribution in [0.5, 0.6) is 0 Å². The fourth-order valence-corrected chi connectivity index (χ4v) is 4.25. The molecule has 0 aromatic heterocycles. The highest BCUT2D eigenvalue weighted by Crippen LogP contribution is 2.32. The number of rotatable bonds is 9. The van der Waals surface area contributed by atoms with Crippen molar-refractivity contribution in [2.24, 2.45) is 11.3 Å². The minimum absolute atomic E-state index is 0. The minimum atomic E-state index is 0. The zero-order valence-electron chi connectivity index (χ0n) is 16.2. The van der Waals surface area contributed by atoms with Crippen LogP contribution in [0, 0.1) is 11.3 Å². The molecule has 0 aromatic rings. The molecule has 0 spiro atoms. The second-order valence-electron chi connectivity index (χ2n) is 8.43. The molecule has 0 aromatic carbocycles. The lowest BCUT2D eigenvalue weighted by atomic mass is 9.85. The van der Waals surface area contributed by atoms with Gasteiger partial charge in [0.1, 0.15) is 5.78 Å². The Bertz CT molecular complexity index is 531. The summed E-state index contributed by atoms with van der Waals surface area (Å²) >= 11 is 1.83. The van der Waals surface area contributed by atoms with E-state index in [0.29, 0.717) is 24.7 Å². The molecule has 0 atom stereocenters. The number of carbonyl (C=O) groups excluding carboxylic acids is 1. The number of allylic oxidation sites excluding steroid dienone is 5. The van der Waals surface area contributed by atoms with E-state index >= 15 is 0 Å². The molecule has 0 aliphatic heterocycles. The van der Waals surface area contributed by atoms with Gasteiger partial charge in [0.25, 0.3) is 0 Å². The first kappa shape index (κ1) is 23.1. The highest BCUT2D eigenvalue weighted by Gasteiger charge is 2.19. The number of hydrogen-bond donors (Lipinski definition) is 0. The first-order valence-corrected chi connectivity index (χ1v) is 10.7. The van der Waals surface area contributed by atoms with Gasteiger partial charge in [0.15, 0.2) is 0 Å². The van der Waals surface area contributed by atoms with Crippen molar-refractivity contribution in [3.63, 3.8) is 0 Å². The van der Waals surface area contributed by atoms with E-state index in [2.05, 4.69) is 39.5 Å². The largest absolute Gasteiger partial charge is 0.497 e. The highest BCUT2D eigenvalue weighted by molar-refractivity contribution is 8.03. The molecule has 0 amide bonds. The summed E-state index contributed by atoms with van der Waals surface area (Å²) in [6.07, 6.45) is 13.2. The maximum absolute atomic E-state index is 12.3. The van der Waals surface area contributed by atoms with Gasteiger partial charge in [-0.2, -0.15) is 0 Å². The van der Waals surface area contributed by atoms with Crippen molar-refractivity contribution in [1.82, 2.24) is 0 Å². The molecular weight excluding hydrogens is 340 g/mol. The van der Waals surface area contributed by atoms with Crippen LogP contribution in [0.3, 0.4) is 0 Å². The predicted molar refractivity (Wildman–Crippen MR) is 115 cm³/mol. The van der Waals surface area contributed by atoms with Crippen molar-refractivity contribution >= 4 is 17.5 Å². The predicted octanol–water partition coefficient (Wildman–Crippen LogP) is 7.08. The molecule has 0 radical (unpaired) electrons. The maximum Gasteiger partial charge on any atom is 0.137 e. The second kappa shape index (κ2) is 11.0. The minimum Gasteiger partial charge on any atom is -0.497 e. The lowest BCUT2D eigenvalue weighted by Gasteiger charge is -2.22.